The van der Waals surface area contributed by atoms with Gasteiger partial charge in [-0.2, -0.15) is 5.10 Å². The summed E-state index contributed by atoms with van der Waals surface area (Å²) in [5, 5.41) is 14.9. The van der Waals surface area contributed by atoms with Crippen molar-refractivity contribution >= 4 is 0 Å². The average molecular weight is 224 g/mol. The third kappa shape index (κ3) is 2.23. The monoisotopic (exact) mass is 224 g/mol. The minimum Gasteiger partial charge on any atom is -0.504 e. The molecule has 1 rings (SSSR count). The van der Waals surface area contributed by atoms with E-state index in [4.69, 9.17) is 0 Å². The minimum absolute atomic E-state index is 0.0867. The van der Waals surface area contributed by atoms with Crippen molar-refractivity contribution in [2.24, 2.45) is 0 Å². The smallest absolute Gasteiger partial charge is 0.161 e. The number of aromatic nitrogens is 2. The molecule has 3 nitrogen and oxygen atoms in total. The molecule has 0 aliphatic heterocycles. The molecule has 1 heterocycles. The molecule has 16 heavy (non-hydrogen) atoms. The van der Waals surface area contributed by atoms with Crippen LogP contribution in [0.15, 0.2) is 0 Å². The molecule has 0 bridgehead atoms. The molecule has 0 spiro atoms. The second-order valence-electron chi connectivity index (χ2n) is 6.36. The average Bonchev–Trinajstić information content (AvgIpc) is 2.40. The molecule has 3 heteroatoms. The van der Waals surface area contributed by atoms with E-state index in [1.165, 1.54) is 0 Å². The van der Waals surface area contributed by atoms with E-state index in [2.05, 4.69) is 46.6 Å². The molecule has 0 aliphatic carbocycles. The Bertz CT molecular complexity index is 378. The van der Waals surface area contributed by atoms with Crippen molar-refractivity contribution in [1.29, 1.82) is 0 Å². The van der Waals surface area contributed by atoms with Crippen LogP contribution in [-0.2, 0) is 17.4 Å². The summed E-state index contributed by atoms with van der Waals surface area (Å²) in [6.07, 6.45) is 0. The number of nitrogens with zero attached hydrogens (tertiary/aromatic N) is 2. The van der Waals surface area contributed by atoms with Gasteiger partial charge in [-0.3, -0.25) is 4.68 Å². The van der Waals surface area contributed by atoms with E-state index in [0.717, 1.165) is 17.9 Å². The summed E-state index contributed by atoms with van der Waals surface area (Å²) in [7, 11) is 0. The van der Waals surface area contributed by atoms with Crippen LogP contribution in [0.4, 0.5) is 0 Å². The predicted octanol–water partition coefficient (Wildman–Crippen LogP) is 3.20. The van der Waals surface area contributed by atoms with Crippen molar-refractivity contribution in [3.63, 3.8) is 0 Å². The maximum absolute atomic E-state index is 10.3. The predicted molar refractivity (Wildman–Crippen MR) is 67.0 cm³/mol. The van der Waals surface area contributed by atoms with E-state index >= 15 is 0 Å². The molecule has 0 fully saturated rings. The normalized spacial score (nSPS) is 13.2. The van der Waals surface area contributed by atoms with Crippen LogP contribution < -0.4 is 0 Å². The highest BCUT2D eigenvalue weighted by Gasteiger charge is 2.31. The fourth-order valence-corrected chi connectivity index (χ4v) is 1.93. The Hall–Kier alpha value is -0.990. The Morgan fingerprint density at radius 1 is 1.06 bits per heavy atom. The standard InChI is InChI=1S/C13H24N2O/c1-8-15-11(13(5,6)7)9(16)10(14-15)12(2,3)4/h16H,8H2,1-7H3. The van der Waals surface area contributed by atoms with Crippen LogP contribution >= 0.6 is 0 Å². The number of aryl methyl sites for hydroxylation is 1. The summed E-state index contributed by atoms with van der Waals surface area (Å²) in [5.74, 6) is 0.363. The molecule has 1 N–H and O–H groups in total. The summed E-state index contributed by atoms with van der Waals surface area (Å²) in [6, 6.07) is 0. The van der Waals surface area contributed by atoms with Crippen LogP contribution in [-0.4, -0.2) is 14.9 Å². The quantitative estimate of drug-likeness (QED) is 0.795. The zero-order valence-corrected chi connectivity index (χ0v) is 11.5. The molecule has 0 unspecified atom stereocenters. The van der Waals surface area contributed by atoms with E-state index in [0.29, 0.717) is 5.75 Å². The van der Waals surface area contributed by atoms with Gasteiger partial charge >= 0.3 is 0 Å². The maximum atomic E-state index is 10.3. The van der Waals surface area contributed by atoms with Gasteiger partial charge in [0, 0.05) is 17.4 Å². The zero-order chi connectivity index (χ0) is 12.7. The van der Waals surface area contributed by atoms with Crippen molar-refractivity contribution < 1.29 is 5.11 Å². The second-order valence-corrected chi connectivity index (χ2v) is 6.36. The number of aromatic hydroxyl groups is 1. The van der Waals surface area contributed by atoms with Gasteiger partial charge in [-0.25, -0.2) is 0 Å². The van der Waals surface area contributed by atoms with Crippen LogP contribution in [0.5, 0.6) is 5.75 Å². The highest BCUT2D eigenvalue weighted by Crippen LogP contribution is 2.38. The molecule has 0 radical (unpaired) electrons. The first-order valence-electron chi connectivity index (χ1n) is 5.89. The summed E-state index contributed by atoms with van der Waals surface area (Å²) in [6.45, 7) is 15.3. The lowest BCUT2D eigenvalue weighted by Crippen LogP contribution is -2.18. The number of rotatable bonds is 1. The lowest BCUT2D eigenvalue weighted by Gasteiger charge is -2.20. The van der Waals surface area contributed by atoms with Crippen molar-refractivity contribution in [2.45, 2.75) is 65.8 Å². The van der Waals surface area contributed by atoms with Crippen LogP contribution in [0, 0.1) is 0 Å². The molecule has 0 aromatic carbocycles. The molecular weight excluding hydrogens is 200 g/mol. The summed E-state index contributed by atoms with van der Waals surface area (Å²) in [5.41, 5.74) is 1.51. The van der Waals surface area contributed by atoms with Crippen molar-refractivity contribution in [2.75, 3.05) is 0 Å². The molecule has 1 aromatic rings. The Morgan fingerprint density at radius 2 is 1.56 bits per heavy atom. The van der Waals surface area contributed by atoms with E-state index in [-0.39, 0.29) is 10.8 Å². The van der Waals surface area contributed by atoms with E-state index < -0.39 is 0 Å². The lowest BCUT2D eigenvalue weighted by atomic mass is 9.87. The van der Waals surface area contributed by atoms with Crippen molar-refractivity contribution in [3.05, 3.63) is 11.4 Å². The Labute approximate surface area is 98.5 Å². The van der Waals surface area contributed by atoms with Crippen LogP contribution in [0.3, 0.4) is 0 Å². The van der Waals surface area contributed by atoms with Gasteiger partial charge in [0.1, 0.15) is 5.69 Å². The first-order valence-corrected chi connectivity index (χ1v) is 5.89. The molecule has 1 aromatic heterocycles. The second kappa shape index (κ2) is 3.79. The summed E-state index contributed by atoms with van der Waals surface area (Å²) >= 11 is 0. The lowest BCUT2D eigenvalue weighted by molar-refractivity contribution is 0.418. The zero-order valence-electron chi connectivity index (χ0n) is 11.5. The molecule has 0 atom stereocenters. The third-order valence-electron chi connectivity index (χ3n) is 2.65. The van der Waals surface area contributed by atoms with E-state index in [1.54, 1.807) is 0 Å². The number of hydrogen-bond donors (Lipinski definition) is 1. The minimum atomic E-state index is -0.121. The molecular formula is C13H24N2O. The third-order valence-corrected chi connectivity index (χ3v) is 2.65. The summed E-state index contributed by atoms with van der Waals surface area (Å²) < 4.78 is 1.91. The topological polar surface area (TPSA) is 38.0 Å². The van der Waals surface area contributed by atoms with Gasteiger partial charge in [0.25, 0.3) is 0 Å². The Kier molecular flexibility index (Phi) is 3.10. The fourth-order valence-electron chi connectivity index (χ4n) is 1.93. The molecule has 0 saturated heterocycles. The van der Waals surface area contributed by atoms with Crippen LogP contribution in [0.25, 0.3) is 0 Å². The molecule has 92 valence electrons. The van der Waals surface area contributed by atoms with Gasteiger partial charge < -0.3 is 5.11 Å². The molecule has 0 saturated carbocycles. The highest BCUT2D eigenvalue weighted by atomic mass is 16.3. The van der Waals surface area contributed by atoms with Crippen LogP contribution in [0.2, 0.25) is 0 Å². The molecule has 0 aliphatic rings. The Morgan fingerprint density at radius 3 is 1.81 bits per heavy atom. The highest BCUT2D eigenvalue weighted by molar-refractivity contribution is 5.40. The fraction of sp³-hybridized carbons (Fsp3) is 0.769. The van der Waals surface area contributed by atoms with Gasteiger partial charge in [-0.1, -0.05) is 41.5 Å². The first kappa shape index (κ1) is 13.1. The van der Waals surface area contributed by atoms with Gasteiger partial charge in [0.05, 0.1) is 5.69 Å². The largest absolute Gasteiger partial charge is 0.504 e. The van der Waals surface area contributed by atoms with Crippen molar-refractivity contribution in [1.82, 2.24) is 9.78 Å². The SMILES string of the molecule is CCn1nc(C(C)(C)C)c(O)c1C(C)(C)C. The maximum Gasteiger partial charge on any atom is 0.161 e. The van der Waals surface area contributed by atoms with Gasteiger partial charge in [-0.15, -0.1) is 0 Å². The van der Waals surface area contributed by atoms with Crippen molar-refractivity contribution in [3.8, 4) is 5.75 Å². The Balaban J connectivity index is 3.45. The number of hydrogen-bond acceptors (Lipinski definition) is 2. The van der Waals surface area contributed by atoms with Gasteiger partial charge in [0.2, 0.25) is 0 Å². The van der Waals surface area contributed by atoms with Gasteiger partial charge in [-0.05, 0) is 6.92 Å². The molecule has 0 amide bonds. The van der Waals surface area contributed by atoms with E-state index in [1.807, 2.05) is 11.6 Å². The van der Waals surface area contributed by atoms with Gasteiger partial charge in [0.15, 0.2) is 5.75 Å². The summed E-state index contributed by atoms with van der Waals surface area (Å²) in [4.78, 5) is 0. The first-order chi connectivity index (χ1) is 7.09. The van der Waals surface area contributed by atoms with E-state index in [9.17, 15) is 5.11 Å². The van der Waals surface area contributed by atoms with Crippen LogP contribution in [0.1, 0.15) is 59.9 Å².